The molecule has 0 bridgehead atoms. The fourth-order valence-corrected chi connectivity index (χ4v) is 2.65. The van der Waals surface area contributed by atoms with E-state index in [0.717, 1.165) is 11.3 Å². The molecule has 6 nitrogen and oxygen atoms in total. The average molecular weight is 329 g/mol. The summed E-state index contributed by atoms with van der Waals surface area (Å²) in [4.78, 5) is 26.7. The van der Waals surface area contributed by atoms with Gasteiger partial charge >= 0.3 is 0 Å². The number of methoxy groups -OCH3 is 1. The highest BCUT2D eigenvalue weighted by Crippen LogP contribution is 2.23. The average Bonchev–Trinajstić information content (AvgIpc) is 2.84. The van der Waals surface area contributed by atoms with Crippen molar-refractivity contribution < 1.29 is 14.3 Å². The minimum atomic E-state index is -0.544. The highest BCUT2D eigenvalue weighted by Gasteiger charge is 2.29. The summed E-state index contributed by atoms with van der Waals surface area (Å²) in [5.41, 5.74) is 2.57. The van der Waals surface area contributed by atoms with Crippen LogP contribution in [-0.2, 0) is 11.8 Å². The maximum Gasteiger partial charge on any atom is 0.295 e. The lowest BCUT2D eigenvalue weighted by Gasteiger charge is -2.25. The first-order valence-electron chi connectivity index (χ1n) is 7.73. The third kappa shape index (κ3) is 3.18. The van der Waals surface area contributed by atoms with Crippen LogP contribution in [0.5, 0.6) is 5.75 Å². The zero-order valence-electron chi connectivity index (χ0n) is 15.0. The zero-order chi connectivity index (χ0) is 18.0. The summed E-state index contributed by atoms with van der Waals surface area (Å²) >= 11 is 0. The lowest BCUT2D eigenvalue weighted by atomic mass is 10.0. The summed E-state index contributed by atoms with van der Waals surface area (Å²) in [5.74, 6) is -0.323. The van der Waals surface area contributed by atoms with Gasteiger partial charge in [-0.1, -0.05) is 12.1 Å². The molecule has 0 saturated heterocycles. The van der Waals surface area contributed by atoms with Crippen molar-refractivity contribution in [2.24, 2.45) is 7.05 Å². The summed E-state index contributed by atoms with van der Waals surface area (Å²) in [5, 5.41) is 4.21. The number of carbonyl (C=O) groups excluding carboxylic acids is 2. The van der Waals surface area contributed by atoms with Gasteiger partial charge in [-0.2, -0.15) is 5.10 Å². The molecule has 6 heteroatoms. The molecular weight excluding hydrogens is 306 g/mol. The van der Waals surface area contributed by atoms with Crippen LogP contribution in [0.1, 0.15) is 40.3 Å². The van der Waals surface area contributed by atoms with Crippen molar-refractivity contribution in [2.75, 3.05) is 14.2 Å². The van der Waals surface area contributed by atoms with Crippen molar-refractivity contribution in [1.29, 1.82) is 0 Å². The van der Waals surface area contributed by atoms with Crippen LogP contribution in [0.3, 0.4) is 0 Å². The normalized spacial score (nSPS) is 11.9. The number of aryl methyl sites for hydroxylation is 2. The van der Waals surface area contributed by atoms with E-state index in [9.17, 15) is 9.59 Å². The van der Waals surface area contributed by atoms with E-state index in [0.29, 0.717) is 17.0 Å². The maximum atomic E-state index is 12.6. The van der Waals surface area contributed by atoms with Gasteiger partial charge in [0.1, 0.15) is 5.75 Å². The van der Waals surface area contributed by atoms with Crippen molar-refractivity contribution in [3.63, 3.8) is 0 Å². The van der Waals surface area contributed by atoms with Crippen LogP contribution in [0.15, 0.2) is 24.3 Å². The van der Waals surface area contributed by atoms with Crippen LogP contribution in [0.25, 0.3) is 0 Å². The maximum absolute atomic E-state index is 12.6. The Balaban J connectivity index is 2.22. The van der Waals surface area contributed by atoms with E-state index in [1.54, 1.807) is 39.7 Å². The Morgan fingerprint density at radius 1 is 1.21 bits per heavy atom. The quantitative estimate of drug-likeness (QED) is 0.624. The van der Waals surface area contributed by atoms with Crippen LogP contribution in [0.4, 0.5) is 0 Å². The monoisotopic (exact) mass is 329 g/mol. The van der Waals surface area contributed by atoms with E-state index in [1.807, 2.05) is 31.2 Å². The van der Waals surface area contributed by atoms with Gasteiger partial charge < -0.3 is 9.64 Å². The lowest BCUT2D eigenvalue weighted by Crippen LogP contribution is -2.35. The lowest BCUT2D eigenvalue weighted by molar-refractivity contribution is -0.127. The molecule has 2 aromatic rings. The van der Waals surface area contributed by atoms with E-state index >= 15 is 0 Å². The Labute approximate surface area is 142 Å². The van der Waals surface area contributed by atoms with Crippen LogP contribution >= 0.6 is 0 Å². The molecule has 2 rings (SSSR count). The topological polar surface area (TPSA) is 64.4 Å². The summed E-state index contributed by atoms with van der Waals surface area (Å²) < 4.78 is 6.75. The van der Waals surface area contributed by atoms with E-state index in [2.05, 4.69) is 5.10 Å². The Bertz CT molecular complexity index is 763. The Hall–Kier alpha value is -2.63. The number of amides is 1. The van der Waals surface area contributed by atoms with E-state index in [-0.39, 0.29) is 6.04 Å². The SMILES string of the molecule is COc1ccc(C(C)N(C)C(=O)C(=O)c2c(C)nn(C)c2C)cc1. The highest BCUT2D eigenvalue weighted by molar-refractivity contribution is 6.43. The number of hydrogen-bond donors (Lipinski definition) is 0. The van der Waals surface area contributed by atoms with Gasteiger partial charge in [0, 0.05) is 19.8 Å². The van der Waals surface area contributed by atoms with Crippen LogP contribution in [-0.4, -0.2) is 40.5 Å². The number of Topliss-reactive ketones (excluding diaryl/α,β-unsaturated/α-hetero) is 1. The number of benzene rings is 1. The predicted octanol–water partition coefficient (Wildman–Crippen LogP) is 2.45. The first-order valence-corrected chi connectivity index (χ1v) is 7.73. The molecule has 1 heterocycles. The number of hydrogen-bond acceptors (Lipinski definition) is 4. The molecule has 0 radical (unpaired) electrons. The van der Waals surface area contributed by atoms with Crippen LogP contribution in [0, 0.1) is 13.8 Å². The van der Waals surface area contributed by atoms with Crippen molar-refractivity contribution in [3.8, 4) is 5.75 Å². The van der Waals surface area contributed by atoms with Crippen molar-refractivity contribution in [1.82, 2.24) is 14.7 Å². The van der Waals surface area contributed by atoms with Gasteiger partial charge in [0.25, 0.3) is 11.7 Å². The molecule has 128 valence electrons. The Kier molecular flexibility index (Phi) is 5.07. The smallest absolute Gasteiger partial charge is 0.295 e. The minimum absolute atomic E-state index is 0.232. The molecule has 0 aliphatic carbocycles. The molecule has 0 fully saturated rings. The standard InChI is InChI=1S/C18H23N3O3/c1-11-16(13(3)21(5)19-11)17(22)18(23)20(4)12(2)14-7-9-15(24-6)10-8-14/h7-10,12H,1-6H3. The molecule has 24 heavy (non-hydrogen) atoms. The molecule has 1 unspecified atom stereocenters. The third-order valence-electron chi connectivity index (χ3n) is 4.43. The molecule has 0 N–H and O–H groups in total. The second-order valence-electron chi connectivity index (χ2n) is 5.86. The van der Waals surface area contributed by atoms with E-state index in [4.69, 9.17) is 4.74 Å². The van der Waals surface area contributed by atoms with Gasteiger partial charge in [-0.3, -0.25) is 14.3 Å². The Morgan fingerprint density at radius 3 is 2.25 bits per heavy atom. The molecule has 0 aliphatic rings. The molecule has 1 aromatic heterocycles. The number of carbonyl (C=O) groups is 2. The second kappa shape index (κ2) is 6.86. The fraction of sp³-hybridized carbons (Fsp3) is 0.389. The number of nitrogens with zero attached hydrogens (tertiary/aromatic N) is 3. The minimum Gasteiger partial charge on any atom is -0.497 e. The Morgan fingerprint density at radius 2 is 1.79 bits per heavy atom. The zero-order valence-corrected chi connectivity index (χ0v) is 15.0. The van der Waals surface area contributed by atoms with Crippen LogP contribution in [0.2, 0.25) is 0 Å². The summed E-state index contributed by atoms with van der Waals surface area (Å²) in [6.45, 7) is 5.41. The summed E-state index contributed by atoms with van der Waals surface area (Å²) in [6.07, 6.45) is 0. The molecule has 0 aliphatic heterocycles. The molecule has 1 amide bonds. The number of ketones is 1. The predicted molar refractivity (Wildman–Crippen MR) is 91.2 cm³/mol. The van der Waals surface area contributed by atoms with Crippen LogP contribution < -0.4 is 4.74 Å². The summed E-state index contributed by atoms with van der Waals surface area (Å²) in [7, 11) is 4.99. The molecule has 1 aromatic carbocycles. The van der Waals surface area contributed by atoms with Gasteiger partial charge in [-0.15, -0.1) is 0 Å². The van der Waals surface area contributed by atoms with Gasteiger partial charge in [0.15, 0.2) is 0 Å². The van der Waals surface area contributed by atoms with Crippen molar-refractivity contribution >= 4 is 11.7 Å². The summed E-state index contributed by atoms with van der Waals surface area (Å²) in [6, 6.07) is 7.21. The number of aromatic nitrogens is 2. The molecule has 0 spiro atoms. The van der Waals surface area contributed by atoms with Gasteiger partial charge in [0.2, 0.25) is 0 Å². The fourth-order valence-electron chi connectivity index (χ4n) is 2.65. The van der Waals surface area contributed by atoms with Crippen molar-refractivity contribution in [3.05, 3.63) is 46.8 Å². The first-order chi connectivity index (χ1) is 11.3. The largest absolute Gasteiger partial charge is 0.497 e. The van der Waals surface area contributed by atoms with Crippen molar-refractivity contribution in [2.45, 2.75) is 26.8 Å². The number of rotatable bonds is 5. The highest BCUT2D eigenvalue weighted by atomic mass is 16.5. The third-order valence-corrected chi connectivity index (χ3v) is 4.43. The van der Waals surface area contributed by atoms with E-state index < -0.39 is 11.7 Å². The van der Waals surface area contributed by atoms with Gasteiger partial charge in [-0.05, 0) is 38.5 Å². The van der Waals surface area contributed by atoms with Gasteiger partial charge in [0.05, 0.1) is 24.4 Å². The molecule has 0 saturated carbocycles. The number of likely N-dealkylation sites (N-methyl/N-ethyl adjacent to an activating group) is 1. The molecular formula is C18H23N3O3. The molecule has 1 atom stereocenters. The van der Waals surface area contributed by atoms with E-state index in [1.165, 1.54) is 4.90 Å². The second-order valence-corrected chi connectivity index (χ2v) is 5.86. The number of ether oxygens (including phenoxy) is 1. The first kappa shape index (κ1) is 17.7. The van der Waals surface area contributed by atoms with Gasteiger partial charge in [-0.25, -0.2) is 0 Å².